The minimum atomic E-state index is -4.59. The standard InChI is InChI=1S/C12H12ClF3N4O2/c1-3-22-10(21)6(2)17-11-18-9-4-8(13)7(12(14,15)16)5-20(9)19-11/h4-6H,3H2,1-2H3,(H,17,19)/t6-/m0/s1. The number of carbonyl (C=O) groups is 1. The Morgan fingerprint density at radius 1 is 1.55 bits per heavy atom. The summed E-state index contributed by atoms with van der Waals surface area (Å²) in [6.07, 6.45) is -3.85. The third-order valence-corrected chi connectivity index (χ3v) is 3.03. The van der Waals surface area contributed by atoms with Crippen LogP contribution in [0.25, 0.3) is 5.65 Å². The lowest BCUT2D eigenvalue weighted by molar-refractivity contribution is -0.143. The lowest BCUT2D eigenvalue weighted by Crippen LogP contribution is -2.28. The number of alkyl halides is 3. The number of nitrogens with one attached hydrogen (secondary N) is 1. The number of hydrogen-bond donors (Lipinski definition) is 1. The van der Waals surface area contributed by atoms with Crippen molar-refractivity contribution in [3.63, 3.8) is 0 Å². The molecule has 2 aromatic rings. The first kappa shape index (κ1) is 16.3. The zero-order chi connectivity index (χ0) is 16.5. The molecule has 0 radical (unpaired) electrons. The summed E-state index contributed by atoms with van der Waals surface area (Å²) in [5, 5.41) is 6.02. The number of esters is 1. The average molecular weight is 337 g/mol. The first-order chi connectivity index (χ1) is 10.2. The van der Waals surface area contributed by atoms with Crippen LogP contribution in [0.4, 0.5) is 19.1 Å². The first-order valence-electron chi connectivity index (χ1n) is 6.28. The van der Waals surface area contributed by atoms with Gasteiger partial charge in [0.1, 0.15) is 6.04 Å². The molecule has 1 N–H and O–H groups in total. The van der Waals surface area contributed by atoms with Gasteiger partial charge in [0.15, 0.2) is 5.65 Å². The Labute approximate surface area is 128 Å². The number of nitrogens with zero attached hydrogens (tertiary/aromatic N) is 3. The van der Waals surface area contributed by atoms with E-state index in [4.69, 9.17) is 16.3 Å². The molecular formula is C12H12ClF3N4O2. The minimum absolute atomic E-state index is 0.00376. The van der Waals surface area contributed by atoms with Gasteiger partial charge in [-0.2, -0.15) is 18.2 Å². The van der Waals surface area contributed by atoms with Crippen LogP contribution in [-0.4, -0.2) is 33.2 Å². The molecule has 0 saturated carbocycles. The number of anilines is 1. The fraction of sp³-hybridized carbons (Fsp3) is 0.417. The van der Waals surface area contributed by atoms with Crippen molar-refractivity contribution in [3.8, 4) is 0 Å². The van der Waals surface area contributed by atoms with E-state index in [1.165, 1.54) is 6.92 Å². The highest BCUT2D eigenvalue weighted by molar-refractivity contribution is 6.31. The van der Waals surface area contributed by atoms with Crippen LogP contribution in [0.2, 0.25) is 5.02 Å². The maximum absolute atomic E-state index is 12.8. The lowest BCUT2D eigenvalue weighted by atomic mass is 10.3. The Morgan fingerprint density at radius 2 is 2.23 bits per heavy atom. The number of rotatable bonds is 4. The molecule has 0 amide bonds. The molecule has 0 aliphatic carbocycles. The van der Waals surface area contributed by atoms with Gasteiger partial charge in [-0.15, -0.1) is 5.10 Å². The molecule has 0 aliphatic heterocycles. The smallest absolute Gasteiger partial charge is 0.419 e. The van der Waals surface area contributed by atoms with Crippen LogP contribution in [0, 0.1) is 0 Å². The molecule has 0 aliphatic rings. The quantitative estimate of drug-likeness (QED) is 0.869. The van der Waals surface area contributed by atoms with Crippen molar-refractivity contribution in [3.05, 3.63) is 22.8 Å². The van der Waals surface area contributed by atoms with E-state index in [0.29, 0.717) is 0 Å². The fourth-order valence-electron chi connectivity index (χ4n) is 1.69. The zero-order valence-corrected chi connectivity index (χ0v) is 12.4. The molecule has 10 heteroatoms. The Morgan fingerprint density at radius 3 is 2.82 bits per heavy atom. The van der Waals surface area contributed by atoms with Crippen molar-refractivity contribution in [2.45, 2.75) is 26.1 Å². The molecule has 22 heavy (non-hydrogen) atoms. The number of pyridine rings is 1. The van der Waals surface area contributed by atoms with E-state index in [9.17, 15) is 18.0 Å². The molecule has 2 heterocycles. The van der Waals surface area contributed by atoms with E-state index < -0.39 is 28.8 Å². The molecule has 0 fully saturated rings. The summed E-state index contributed by atoms with van der Waals surface area (Å²) in [6, 6.07) is 0.312. The molecule has 6 nitrogen and oxygen atoms in total. The van der Waals surface area contributed by atoms with Gasteiger partial charge in [0.2, 0.25) is 5.95 Å². The molecule has 0 saturated heterocycles. The average Bonchev–Trinajstić information content (AvgIpc) is 2.77. The van der Waals surface area contributed by atoms with Crippen molar-refractivity contribution in [2.24, 2.45) is 0 Å². The van der Waals surface area contributed by atoms with E-state index >= 15 is 0 Å². The van der Waals surface area contributed by atoms with Gasteiger partial charge in [-0.1, -0.05) is 11.6 Å². The SMILES string of the molecule is CCOC(=O)[C@H](C)Nc1nc2cc(Cl)c(C(F)(F)F)cn2n1. The van der Waals surface area contributed by atoms with Crippen LogP contribution in [0.3, 0.4) is 0 Å². The van der Waals surface area contributed by atoms with Gasteiger partial charge in [0, 0.05) is 12.3 Å². The predicted molar refractivity (Wildman–Crippen MR) is 72.7 cm³/mol. The van der Waals surface area contributed by atoms with E-state index in [0.717, 1.165) is 16.8 Å². The summed E-state index contributed by atoms with van der Waals surface area (Å²) >= 11 is 5.60. The normalized spacial score (nSPS) is 13.2. The largest absolute Gasteiger partial charge is 0.464 e. The van der Waals surface area contributed by atoms with Gasteiger partial charge in [-0.3, -0.25) is 0 Å². The number of aromatic nitrogens is 3. The monoisotopic (exact) mass is 336 g/mol. The van der Waals surface area contributed by atoms with Crippen molar-refractivity contribution in [2.75, 3.05) is 11.9 Å². The summed E-state index contributed by atoms with van der Waals surface area (Å²) in [5.74, 6) is -0.522. The number of carbonyl (C=O) groups excluding carboxylic acids is 1. The summed E-state index contributed by atoms with van der Waals surface area (Å²) < 4.78 is 44.0. The number of hydrogen-bond acceptors (Lipinski definition) is 5. The van der Waals surface area contributed by atoms with E-state index in [1.54, 1.807) is 6.92 Å². The maximum atomic E-state index is 12.8. The predicted octanol–water partition coefficient (Wildman–Crippen LogP) is 2.77. The topological polar surface area (TPSA) is 68.5 Å². The van der Waals surface area contributed by atoms with E-state index in [2.05, 4.69) is 15.4 Å². The third-order valence-electron chi connectivity index (χ3n) is 2.71. The Kier molecular flexibility index (Phi) is 4.45. The van der Waals surface area contributed by atoms with Crippen LogP contribution >= 0.6 is 11.6 Å². The molecular weight excluding hydrogens is 325 g/mol. The Hall–Kier alpha value is -2.03. The van der Waals surface area contributed by atoms with Gasteiger partial charge < -0.3 is 10.1 Å². The highest BCUT2D eigenvalue weighted by Gasteiger charge is 2.34. The molecule has 0 aromatic carbocycles. The summed E-state index contributed by atoms with van der Waals surface area (Å²) in [5.41, 5.74) is -0.895. The Balaban J connectivity index is 2.29. The number of fused-ring (bicyclic) bond motifs is 1. The summed E-state index contributed by atoms with van der Waals surface area (Å²) in [6.45, 7) is 3.40. The van der Waals surface area contributed by atoms with Crippen molar-refractivity contribution >= 4 is 29.2 Å². The summed E-state index contributed by atoms with van der Waals surface area (Å²) in [4.78, 5) is 15.4. The van der Waals surface area contributed by atoms with Crippen molar-refractivity contribution < 1.29 is 22.7 Å². The maximum Gasteiger partial charge on any atom is 0.419 e. The molecule has 0 spiro atoms. The van der Waals surface area contributed by atoms with Gasteiger partial charge in [0.25, 0.3) is 0 Å². The highest BCUT2D eigenvalue weighted by Crippen LogP contribution is 2.34. The third kappa shape index (κ3) is 3.41. The van der Waals surface area contributed by atoms with Crippen LogP contribution in [0.5, 0.6) is 0 Å². The second kappa shape index (κ2) is 5.99. The second-order valence-electron chi connectivity index (χ2n) is 4.39. The Bertz CT molecular complexity index is 701. The highest BCUT2D eigenvalue weighted by atomic mass is 35.5. The van der Waals surface area contributed by atoms with E-state index in [1.807, 2.05) is 0 Å². The minimum Gasteiger partial charge on any atom is -0.464 e. The number of ether oxygens (including phenoxy) is 1. The zero-order valence-electron chi connectivity index (χ0n) is 11.6. The molecule has 2 rings (SSSR count). The van der Waals surface area contributed by atoms with Gasteiger partial charge in [-0.25, -0.2) is 9.31 Å². The molecule has 1 atom stereocenters. The number of halogens is 4. The van der Waals surface area contributed by atoms with Gasteiger partial charge >= 0.3 is 12.1 Å². The molecule has 0 bridgehead atoms. The summed E-state index contributed by atoms with van der Waals surface area (Å²) in [7, 11) is 0. The van der Waals surface area contributed by atoms with Crippen LogP contribution in [0.1, 0.15) is 19.4 Å². The van der Waals surface area contributed by atoms with Crippen molar-refractivity contribution in [1.29, 1.82) is 0 Å². The van der Waals surface area contributed by atoms with Crippen LogP contribution in [0.15, 0.2) is 12.3 Å². The van der Waals surface area contributed by atoms with E-state index in [-0.39, 0.29) is 18.2 Å². The van der Waals surface area contributed by atoms with Gasteiger partial charge in [0.05, 0.1) is 17.2 Å². The van der Waals surface area contributed by atoms with Crippen LogP contribution in [-0.2, 0) is 15.7 Å². The van der Waals surface area contributed by atoms with Crippen molar-refractivity contribution in [1.82, 2.24) is 14.6 Å². The van der Waals surface area contributed by atoms with Gasteiger partial charge in [-0.05, 0) is 13.8 Å². The fourth-order valence-corrected chi connectivity index (χ4v) is 1.95. The first-order valence-corrected chi connectivity index (χ1v) is 6.66. The second-order valence-corrected chi connectivity index (χ2v) is 4.80. The molecule has 2 aromatic heterocycles. The molecule has 120 valence electrons. The molecule has 0 unspecified atom stereocenters. The lowest BCUT2D eigenvalue weighted by Gasteiger charge is -2.10. The van der Waals surface area contributed by atoms with Crippen LogP contribution < -0.4 is 5.32 Å².